The smallest absolute Gasteiger partial charge is 0.297 e. The molecule has 2 aromatic heterocycles. The van der Waals surface area contributed by atoms with Crippen molar-refractivity contribution < 1.29 is 9.21 Å². The van der Waals surface area contributed by atoms with E-state index < -0.39 is 0 Å². The molecule has 5 rings (SSSR count). The van der Waals surface area contributed by atoms with Crippen molar-refractivity contribution in [2.24, 2.45) is 0 Å². The van der Waals surface area contributed by atoms with Gasteiger partial charge in [0.15, 0.2) is 0 Å². The molecule has 3 aromatic rings. The van der Waals surface area contributed by atoms with Crippen LogP contribution in [0.15, 0.2) is 39.8 Å². The fourth-order valence-corrected chi connectivity index (χ4v) is 4.37. The number of hydrogen-bond donors (Lipinski definition) is 0. The molecule has 140 valence electrons. The van der Waals surface area contributed by atoms with Crippen LogP contribution in [0.5, 0.6) is 0 Å². The highest BCUT2D eigenvalue weighted by Gasteiger charge is 2.37. The van der Waals surface area contributed by atoms with E-state index in [4.69, 9.17) is 4.42 Å². The Morgan fingerprint density at radius 3 is 2.63 bits per heavy atom. The highest BCUT2D eigenvalue weighted by Crippen LogP contribution is 2.34. The molecule has 0 bridgehead atoms. The maximum Gasteiger partial charge on any atom is 0.297 e. The fourth-order valence-electron chi connectivity index (χ4n) is 4.37. The lowest BCUT2D eigenvalue weighted by molar-refractivity contribution is -0.135. The Kier molecular flexibility index (Phi) is 3.99. The average molecular weight is 365 g/mol. The number of hydrogen-bond acceptors (Lipinski definition) is 4. The predicted octanol–water partition coefficient (Wildman–Crippen LogP) is 3.47. The van der Waals surface area contributed by atoms with E-state index in [0.717, 1.165) is 31.1 Å². The maximum atomic E-state index is 13.1. The van der Waals surface area contributed by atoms with Crippen LogP contribution < -0.4 is 5.56 Å². The normalized spacial score (nSPS) is 18.2. The van der Waals surface area contributed by atoms with Crippen LogP contribution in [-0.4, -0.2) is 32.4 Å². The summed E-state index contributed by atoms with van der Waals surface area (Å²) in [5, 5.41) is 0.824. The third kappa shape index (κ3) is 2.93. The van der Waals surface area contributed by atoms with Gasteiger partial charge in [0.05, 0.1) is 6.33 Å². The van der Waals surface area contributed by atoms with Crippen LogP contribution in [0.4, 0.5) is 0 Å². The lowest BCUT2D eigenvalue weighted by Gasteiger charge is -2.34. The predicted molar refractivity (Wildman–Crippen MR) is 103 cm³/mol. The second kappa shape index (κ2) is 6.51. The summed E-state index contributed by atoms with van der Waals surface area (Å²) in [6.07, 6.45) is 9.44. The molecule has 0 aliphatic heterocycles. The van der Waals surface area contributed by atoms with Crippen LogP contribution in [0.3, 0.4) is 0 Å². The largest absolute Gasteiger partial charge is 0.448 e. The van der Waals surface area contributed by atoms with Crippen molar-refractivity contribution in [3.05, 3.63) is 40.9 Å². The van der Waals surface area contributed by atoms with Gasteiger partial charge in [-0.05, 0) is 37.8 Å². The lowest BCUT2D eigenvalue weighted by Crippen LogP contribution is -2.45. The van der Waals surface area contributed by atoms with Crippen molar-refractivity contribution in [2.45, 2.75) is 63.6 Å². The first kappa shape index (κ1) is 16.5. The van der Waals surface area contributed by atoms with E-state index in [2.05, 4.69) is 9.88 Å². The van der Waals surface area contributed by atoms with Gasteiger partial charge in [-0.15, -0.1) is 0 Å². The summed E-state index contributed by atoms with van der Waals surface area (Å²) in [5.41, 5.74) is 1.14. The van der Waals surface area contributed by atoms with Crippen LogP contribution in [-0.2, 0) is 11.3 Å². The molecular formula is C21H23N3O3. The van der Waals surface area contributed by atoms with Crippen LogP contribution in [0.25, 0.3) is 22.1 Å². The van der Waals surface area contributed by atoms with Crippen LogP contribution in [0.1, 0.15) is 44.9 Å². The summed E-state index contributed by atoms with van der Waals surface area (Å²) in [4.78, 5) is 32.4. The van der Waals surface area contributed by atoms with Gasteiger partial charge in [-0.1, -0.05) is 31.4 Å². The number of furan rings is 1. The van der Waals surface area contributed by atoms with Gasteiger partial charge in [-0.3, -0.25) is 14.2 Å². The molecule has 1 amide bonds. The van der Waals surface area contributed by atoms with Gasteiger partial charge in [0.1, 0.15) is 17.6 Å². The van der Waals surface area contributed by atoms with E-state index in [-0.39, 0.29) is 23.6 Å². The molecule has 27 heavy (non-hydrogen) atoms. The summed E-state index contributed by atoms with van der Waals surface area (Å²) in [6, 6.07) is 8.16. The highest BCUT2D eigenvalue weighted by molar-refractivity contribution is 6.01. The Bertz CT molecular complexity index is 1060. The first-order valence-electron chi connectivity index (χ1n) is 9.90. The van der Waals surface area contributed by atoms with Crippen LogP contribution in [0, 0.1) is 0 Å². The fraction of sp³-hybridized carbons (Fsp3) is 0.476. The molecule has 0 unspecified atom stereocenters. The molecule has 0 radical (unpaired) electrons. The van der Waals surface area contributed by atoms with E-state index in [1.54, 1.807) is 0 Å². The van der Waals surface area contributed by atoms with Crippen molar-refractivity contribution >= 4 is 28.0 Å². The third-order valence-electron chi connectivity index (χ3n) is 5.85. The Balaban J connectivity index is 1.46. The molecule has 2 aliphatic rings. The summed E-state index contributed by atoms with van der Waals surface area (Å²) in [5.74, 6) is 0.0313. The second-order valence-corrected chi connectivity index (χ2v) is 7.78. The van der Waals surface area contributed by atoms with Gasteiger partial charge in [-0.2, -0.15) is 0 Å². The number of para-hydroxylation sites is 1. The SMILES string of the molecule is O=C(Cn1cnc2c(oc3ccccc32)c1=O)N(C1CCCCC1)C1CC1. The van der Waals surface area contributed by atoms with Crippen molar-refractivity contribution in [1.29, 1.82) is 0 Å². The van der Waals surface area contributed by atoms with E-state index in [1.165, 1.54) is 30.2 Å². The van der Waals surface area contributed by atoms with E-state index in [1.807, 2.05) is 24.3 Å². The molecule has 0 atom stereocenters. The Morgan fingerprint density at radius 1 is 1.11 bits per heavy atom. The number of benzene rings is 1. The zero-order valence-corrected chi connectivity index (χ0v) is 15.3. The van der Waals surface area contributed by atoms with Gasteiger partial charge >= 0.3 is 0 Å². The highest BCUT2D eigenvalue weighted by atomic mass is 16.3. The van der Waals surface area contributed by atoms with Gasteiger partial charge in [0.2, 0.25) is 11.5 Å². The van der Waals surface area contributed by atoms with Crippen LogP contribution in [0.2, 0.25) is 0 Å². The number of rotatable bonds is 4. The summed E-state index contributed by atoms with van der Waals surface area (Å²) >= 11 is 0. The maximum absolute atomic E-state index is 13.1. The van der Waals surface area contributed by atoms with Crippen LogP contribution >= 0.6 is 0 Å². The van der Waals surface area contributed by atoms with Gasteiger partial charge in [0, 0.05) is 17.5 Å². The summed E-state index contributed by atoms with van der Waals surface area (Å²) < 4.78 is 7.12. The van der Waals surface area contributed by atoms with Gasteiger partial charge < -0.3 is 9.32 Å². The molecular weight excluding hydrogens is 342 g/mol. The number of amides is 1. The lowest BCUT2D eigenvalue weighted by atomic mass is 9.94. The number of carbonyl (C=O) groups excluding carboxylic acids is 1. The number of fused-ring (bicyclic) bond motifs is 3. The Hall–Kier alpha value is -2.63. The molecule has 2 heterocycles. The quantitative estimate of drug-likeness (QED) is 0.710. The topological polar surface area (TPSA) is 68.3 Å². The molecule has 2 aliphatic carbocycles. The standard InChI is InChI=1S/C21H23N3O3/c25-18(24(15-10-11-15)14-6-2-1-3-7-14)12-23-13-22-19-16-8-4-5-9-17(16)27-20(19)21(23)26/h4-5,8-9,13-15H,1-3,6-7,10-12H2. The zero-order valence-electron chi connectivity index (χ0n) is 15.3. The first-order valence-corrected chi connectivity index (χ1v) is 9.90. The van der Waals surface area contributed by atoms with E-state index in [9.17, 15) is 9.59 Å². The first-order chi connectivity index (χ1) is 13.2. The molecule has 6 nitrogen and oxygen atoms in total. The van der Waals surface area contributed by atoms with Gasteiger partial charge in [0.25, 0.3) is 5.56 Å². The summed E-state index contributed by atoms with van der Waals surface area (Å²) in [6.45, 7) is 0.0336. The number of aromatic nitrogens is 2. The number of carbonyl (C=O) groups is 1. The van der Waals surface area contributed by atoms with Crippen molar-refractivity contribution in [1.82, 2.24) is 14.5 Å². The monoisotopic (exact) mass is 365 g/mol. The van der Waals surface area contributed by atoms with E-state index in [0.29, 0.717) is 23.2 Å². The Labute approximate surface area is 156 Å². The molecule has 1 aromatic carbocycles. The molecule has 0 saturated heterocycles. The third-order valence-corrected chi connectivity index (χ3v) is 5.85. The summed E-state index contributed by atoms with van der Waals surface area (Å²) in [7, 11) is 0. The average Bonchev–Trinajstić information content (AvgIpc) is 3.44. The van der Waals surface area contributed by atoms with Gasteiger partial charge in [-0.25, -0.2) is 4.98 Å². The molecule has 6 heteroatoms. The molecule has 0 spiro atoms. The number of nitrogens with zero attached hydrogens (tertiary/aromatic N) is 3. The van der Waals surface area contributed by atoms with Crippen molar-refractivity contribution in [3.63, 3.8) is 0 Å². The zero-order chi connectivity index (χ0) is 18.4. The van der Waals surface area contributed by atoms with Crippen molar-refractivity contribution in [3.8, 4) is 0 Å². The minimum absolute atomic E-state index is 0.0313. The molecule has 2 fully saturated rings. The molecule has 2 saturated carbocycles. The minimum Gasteiger partial charge on any atom is -0.448 e. The van der Waals surface area contributed by atoms with E-state index >= 15 is 0 Å². The molecule has 0 N–H and O–H groups in total. The second-order valence-electron chi connectivity index (χ2n) is 7.78. The minimum atomic E-state index is -0.288. The van der Waals surface area contributed by atoms with Crippen molar-refractivity contribution in [2.75, 3.05) is 0 Å². The Morgan fingerprint density at radius 2 is 1.85 bits per heavy atom.